The van der Waals surface area contributed by atoms with Crippen molar-refractivity contribution < 1.29 is 4.74 Å². The second-order valence-corrected chi connectivity index (χ2v) is 9.13. The predicted octanol–water partition coefficient (Wildman–Crippen LogP) is 6.40. The molecule has 1 aliphatic rings. The Bertz CT molecular complexity index is 944. The van der Waals surface area contributed by atoms with E-state index in [2.05, 4.69) is 83.0 Å². The summed E-state index contributed by atoms with van der Waals surface area (Å²) in [5.74, 6) is 0.965. The molecule has 0 aromatic heterocycles. The van der Waals surface area contributed by atoms with E-state index in [1.807, 2.05) is 12.1 Å². The molecule has 1 heterocycles. The molecule has 0 saturated carbocycles. The number of rotatable bonds is 11. The molecule has 3 heteroatoms. The molecule has 3 nitrogen and oxygen atoms in total. The quantitative estimate of drug-likeness (QED) is 0.348. The maximum absolute atomic E-state index is 5.58. The summed E-state index contributed by atoms with van der Waals surface area (Å²) in [4.78, 5) is 2.72. The first kappa shape index (κ1) is 23.5. The lowest BCUT2D eigenvalue weighted by Gasteiger charge is -2.42. The fourth-order valence-corrected chi connectivity index (χ4v) is 5.18. The van der Waals surface area contributed by atoms with E-state index in [0.717, 1.165) is 12.3 Å². The standard InChI is InChI=1S/C30H38N2O/c1-33-29-21-11-10-19-27(29)24-31-28-20-13-23-32(30(28)26-17-8-3-9-18-26)22-12-4-7-16-25-14-5-2-6-15-25/h2-3,5-6,8-11,14-15,17-19,21,28,30-31H,4,7,12-13,16,20,22-24H2,1H3/t28-,30-/m1/s1. The van der Waals surface area contributed by atoms with Crippen molar-refractivity contribution >= 4 is 0 Å². The first-order valence-corrected chi connectivity index (χ1v) is 12.5. The first-order valence-electron chi connectivity index (χ1n) is 12.5. The van der Waals surface area contributed by atoms with E-state index in [4.69, 9.17) is 4.74 Å². The van der Waals surface area contributed by atoms with Crippen LogP contribution in [0.3, 0.4) is 0 Å². The second kappa shape index (κ2) is 12.6. The van der Waals surface area contributed by atoms with Gasteiger partial charge in [0.1, 0.15) is 5.75 Å². The molecule has 1 fully saturated rings. The van der Waals surface area contributed by atoms with Crippen LogP contribution >= 0.6 is 0 Å². The minimum absolute atomic E-state index is 0.420. The van der Waals surface area contributed by atoms with Crippen LogP contribution in [-0.2, 0) is 13.0 Å². The van der Waals surface area contributed by atoms with E-state index in [0.29, 0.717) is 12.1 Å². The highest BCUT2D eigenvalue weighted by molar-refractivity contribution is 5.33. The van der Waals surface area contributed by atoms with Gasteiger partial charge in [0.2, 0.25) is 0 Å². The number of para-hydroxylation sites is 1. The maximum atomic E-state index is 5.58. The number of ether oxygens (including phenoxy) is 1. The van der Waals surface area contributed by atoms with Crippen molar-refractivity contribution in [1.82, 2.24) is 10.2 Å². The number of methoxy groups -OCH3 is 1. The Hall–Kier alpha value is -2.62. The van der Waals surface area contributed by atoms with Crippen LogP contribution in [-0.4, -0.2) is 31.1 Å². The summed E-state index contributed by atoms with van der Waals surface area (Å²) >= 11 is 0. The van der Waals surface area contributed by atoms with E-state index in [-0.39, 0.29) is 0 Å². The Morgan fingerprint density at radius 1 is 0.848 bits per heavy atom. The van der Waals surface area contributed by atoms with Crippen molar-refractivity contribution in [3.8, 4) is 5.75 Å². The molecule has 174 valence electrons. The minimum atomic E-state index is 0.420. The van der Waals surface area contributed by atoms with Crippen LogP contribution in [0, 0.1) is 0 Å². The summed E-state index contributed by atoms with van der Waals surface area (Å²) in [6, 6.07) is 31.2. The monoisotopic (exact) mass is 442 g/mol. The SMILES string of the molecule is COc1ccccc1CN[C@@H]1CCCN(CCCCCc2ccccc2)[C@@H]1c1ccccc1. The van der Waals surface area contributed by atoms with Gasteiger partial charge in [-0.25, -0.2) is 0 Å². The number of unbranched alkanes of at least 4 members (excludes halogenated alkanes) is 2. The molecule has 3 aromatic carbocycles. The summed E-state index contributed by atoms with van der Waals surface area (Å²) in [5, 5.41) is 3.89. The average molecular weight is 443 g/mol. The largest absolute Gasteiger partial charge is 0.496 e. The zero-order valence-corrected chi connectivity index (χ0v) is 20.0. The van der Waals surface area contributed by atoms with Gasteiger partial charge in [-0.2, -0.15) is 0 Å². The molecule has 1 aliphatic heterocycles. The maximum Gasteiger partial charge on any atom is 0.123 e. The van der Waals surface area contributed by atoms with E-state index < -0.39 is 0 Å². The van der Waals surface area contributed by atoms with Crippen LogP contribution in [0.1, 0.15) is 54.8 Å². The summed E-state index contributed by atoms with van der Waals surface area (Å²) in [5.41, 5.74) is 4.11. The smallest absolute Gasteiger partial charge is 0.123 e. The number of likely N-dealkylation sites (tertiary alicyclic amines) is 1. The Balaban J connectivity index is 1.37. The molecule has 0 amide bonds. The Morgan fingerprint density at radius 2 is 1.58 bits per heavy atom. The molecular formula is C30H38N2O. The number of piperidine rings is 1. The third kappa shape index (κ3) is 6.69. The molecule has 1 saturated heterocycles. The predicted molar refractivity (Wildman–Crippen MR) is 138 cm³/mol. The average Bonchev–Trinajstić information content (AvgIpc) is 2.88. The van der Waals surface area contributed by atoms with Crippen LogP contribution in [0.25, 0.3) is 0 Å². The lowest BCUT2D eigenvalue weighted by molar-refractivity contribution is 0.108. The van der Waals surface area contributed by atoms with Crippen LogP contribution in [0.2, 0.25) is 0 Å². The van der Waals surface area contributed by atoms with Gasteiger partial charge < -0.3 is 10.1 Å². The minimum Gasteiger partial charge on any atom is -0.496 e. The Labute approximate surface area is 199 Å². The van der Waals surface area contributed by atoms with Gasteiger partial charge in [0.25, 0.3) is 0 Å². The van der Waals surface area contributed by atoms with Crippen LogP contribution in [0.5, 0.6) is 5.75 Å². The zero-order valence-electron chi connectivity index (χ0n) is 20.0. The van der Waals surface area contributed by atoms with E-state index in [9.17, 15) is 0 Å². The highest BCUT2D eigenvalue weighted by atomic mass is 16.5. The van der Waals surface area contributed by atoms with E-state index in [1.54, 1.807) is 7.11 Å². The Morgan fingerprint density at radius 3 is 2.36 bits per heavy atom. The first-order chi connectivity index (χ1) is 16.3. The molecule has 0 unspecified atom stereocenters. The van der Waals surface area contributed by atoms with Crippen molar-refractivity contribution in [2.75, 3.05) is 20.2 Å². The number of nitrogens with one attached hydrogen (secondary N) is 1. The topological polar surface area (TPSA) is 24.5 Å². The molecule has 0 radical (unpaired) electrons. The molecule has 0 spiro atoms. The van der Waals surface area contributed by atoms with Gasteiger partial charge in [-0.15, -0.1) is 0 Å². The van der Waals surface area contributed by atoms with Gasteiger partial charge in [0.15, 0.2) is 0 Å². The Kier molecular flexibility index (Phi) is 8.97. The summed E-state index contributed by atoms with van der Waals surface area (Å²) in [6.07, 6.45) is 7.45. The lowest BCUT2D eigenvalue weighted by Crippen LogP contribution is -2.48. The number of hydrogen-bond acceptors (Lipinski definition) is 3. The van der Waals surface area contributed by atoms with Crippen molar-refractivity contribution in [1.29, 1.82) is 0 Å². The summed E-state index contributed by atoms with van der Waals surface area (Å²) in [7, 11) is 1.76. The van der Waals surface area contributed by atoms with Crippen molar-refractivity contribution in [2.24, 2.45) is 0 Å². The summed E-state index contributed by atoms with van der Waals surface area (Å²) in [6.45, 7) is 3.19. The van der Waals surface area contributed by atoms with Crippen molar-refractivity contribution in [3.05, 3.63) is 102 Å². The zero-order chi connectivity index (χ0) is 22.7. The third-order valence-corrected chi connectivity index (χ3v) is 6.88. The van der Waals surface area contributed by atoms with Crippen LogP contribution in [0.15, 0.2) is 84.9 Å². The number of benzene rings is 3. The van der Waals surface area contributed by atoms with Crippen molar-refractivity contribution in [3.63, 3.8) is 0 Å². The van der Waals surface area contributed by atoms with Crippen LogP contribution < -0.4 is 10.1 Å². The lowest BCUT2D eigenvalue weighted by atomic mass is 9.89. The molecule has 0 bridgehead atoms. The van der Waals surface area contributed by atoms with E-state index in [1.165, 1.54) is 68.3 Å². The molecule has 33 heavy (non-hydrogen) atoms. The number of hydrogen-bond donors (Lipinski definition) is 1. The highest BCUT2D eigenvalue weighted by Gasteiger charge is 2.32. The summed E-state index contributed by atoms with van der Waals surface area (Å²) < 4.78 is 5.58. The van der Waals surface area contributed by atoms with Gasteiger partial charge >= 0.3 is 0 Å². The molecule has 0 aliphatic carbocycles. The van der Waals surface area contributed by atoms with E-state index >= 15 is 0 Å². The number of aryl methyl sites for hydroxylation is 1. The molecule has 3 aromatic rings. The van der Waals surface area contributed by atoms with Gasteiger partial charge in [-0.05, 0) is 62.4 Å². The van der Waals surface area contributed by atoms with Gasteiger partial charge in [-0.1, -0.05) is 85.3 Å². The molecular weight excluding hydrogens is 404 g/mol. The van der Waals surface area contributed by atoms with Gasteiger partial charge in [-0.3, -0.25) is 4.90 Å². The normalized spacial score (nSPS) is 18.8. The second-order valence-electron chi connectivity index (χ2n) is 9.13. The van der Waals surface area contributed by atoms with Gasteiger partial charge in [0.05, 0.1) is 13.2 Å². The fraction of sp³-hybridized carbons (Fsp3) is 0.400. The van der Waals surface area contributed by atoms with Gasteiger partial charge in [0, 0.05) is 18.2 Å². The molecule has 4 rings (SSSR count). The molecule has 1 N–H and O–H groups in total. The number of nitrogens with zero attached hydrogens (tertiary/aromatic N) is 1. The molecule has 2 atom stereocenters. The van der Waals surface area contributed by atoms with Crippen LogP contribution in [0.4, 0.5) is 0 Å². The fourth-order valence-electron chi connectivity index (χ4n) is 5.18. The third-order valence-electron chi connectivity index (χ3n) is 6.88. The van der Waals surface area contributed by atoms with Crippen molar-refractivity contribution in [2.45, 2.75) is 57.2 Å². The highest BCUT2D eigenvalue weighted by Crippen LogP contribution is 2.32.